The third-order valence-corrected chi connectivity index (χ3v) is 6.55. The van der Waals surface area contributed by atoms with Crippen LogP contribution >= 0.6 is 0 Å². The van der Waals surface area contributed by atoms with E-state index in [-0.39, 0.29) is 11.5 Å². The Labute approximate surface area is 196 Å². The van der Waals surface area contributed by atoms with Gasteiger partial charge in [-0.3, -0.25) is 9.36 Å². The van der Waals surface area contributed by atoms with Crippen LogP contribution in [0, 0.1) is 13.8 Å². The number of nitrogens with zero attached hydrogens (tertiary/aromatic N) is 4. The van der Waals surface area contributed by atoms with Crippen molar-refractivity contribution in [1.82, 2.24) is 19.4 Å². The number of aromatic nitrogens is 3. The summed E-state index contributed by atoms with van der Waals surface area (Å²) < 4.78 is 41.6. The van der Waals surface area contributed by atoms with Gasteiger partial charge >= 0.3 is 6.18 Å². The van der Waals surface area contributed by atoms with Crippen LogP contribution in [0.2, 0.25) is 0 Å². The van der Waals surface area contributed by atoms with Crippen LogP contribution in [0.5, 0.6) is 0 Å². The lowest BCUT2D eigenvalue weighted by molar-refractivity contribution is -0.137. The number of likely N-dealkylation sites (tertiary alicyclic amines) is 1. The number of piperidine rings is 1. The molecule has 2 atom stereocenters. The first-order chi connectivity index (χ1) is 15.9. The Balaban J connectivity index is 1.78. The second kappa shape index (κ2) is 9.02. The number of alkyl halides is 3. The van der Waals surface area contributed by atoms with Gasteiger partial charge in [-0.05, 0) is 71.0 Å². The van der Waals surface area contributed by atoms with Crippen LogP contribution in [0.4, 0.5) is 19.0 Å². The van der Waals surface area contributed by atoms with E-state index in [1.807, 2.05) is 6.07 Å². The Morgan fingerprint density at radius 3 is 2.53 bits per heavy atom. The predicted octanol–water partition coefficient (Wildman–Crippen LogP) is 4.95. The number of hydrogen-bond donors (Lipinski definition) is 1. The van der Waals surface area contributed by atoms with Crippen molar-refractivity contribution in [3.05, 3.63) is 62.7 Å². The molecule has 182 valence electrons. The Morgan fingerprint density at radius 1 is 1.12 bits per heavy atom. The van der Waals surface area contributed by atoms with Crippen LogP contribution in [0.3, 0.4) is 0 Å². The largest absolute Gasteiger partial charge is 0.416 e. The number of likely N-dealkylation sites (N-methyl/N-ethyl adjacent to an activating group) is 1. The quantitative estimate of drug-likeness (QED) is 0.581. The highest BCUT2D eigenvalue weighted by molar-refractivity contribution is 5.87. The average molecular weight is 474 g/mol. The van der Waals surface area contributed by atoms with Gasteiger partial charge in [0.15, 0.2) is 0 Å². The summed E-state index contributed by atoms with van der Waals surface area (Å²) in [6.07, 6.45) is -2.47. The standard InChI is InChI=1S/C25H30F3N5O/c1-14-9-18(11-19(10-14)25(26,27)28)15(2)29-22-21-12-20(17-7-6-8-32(4)13-17)24(34)33(5)23(21)31-16(3)30-22/h9-12,15,17H,6-8,13H2,1-5H3,(H,29,30,31)/t15-,17?/m1/s1. The van der Waals surface area contributed by atoms with Gasteiger partial charge in [0.05, 0.1) is 10.9 Å². The van der Waals surface area contributed by atoms with Crippen molar-refractivity contribution < 1.29 is 13.2 Å². The summed E-state index contributed by atoms with van der Waals surface area (Å²) in [7, 11) is 3.76. The van der Waals surface area contributed by atoms with E-state index in [2.05, 4.69) is 27.2 Å². The summed E-state index contributed by atoms with van der Waals surface area (Å²) in [5, 5.41) is 3.98. The van der Waals surface area contributed by atoms with E-state index in [1.165, 1.54) is 6.07 Å². The van der Waals surface area contributed by atoms with Crippen LogP contribution in [-0.4, -0.2) is 39.6 Å². The van der Waals surface area contributed by atoms with Gasteiger partial charge in [-0.25, -0.2) is 9.97 Å². The van der Waals surface area contributed by atoms with Crippen LogP contribution in [0.15, 0.2) is 29.1 Å². The number of hydrogen-bond acceptors (Lipinski definition) is 5. The molecule has 1 fully saturated rings. The minimum Gasteiger partial charge on any atom is -0.363 e. The molecule has 0 aliphatic carbocycles. The lowest BCUT2D eigenvalue weighted by Gasteiger charge is -2.30. The number of anilines is 1. The van der Waals surface area contributed by atoms with Crippen molar-refractivity contribution in [2.45, 2.75) is 51.7 Å². The van der Waals surface area contributed by atoms with E-state index in [1.54, 1.807) is 38.5 Å². The third kappa shape index (κ3) is 4.80. The number of fused-ring (bicyclic) bond motifs is 1. The smallest absolute Gasteiger partial charge is 0.363 e. The Hall–Kier alpha value is -2.94. The van der Waals surface area contributed by atoms with Gasteiger partial charge < -0.3 is 10.2 Å². The number of halogens is 3. The van der Waals surface area contributed by atoms with Crippen molar-refractivity contribution >= 4 is 16.9 Å². The van der Waals surface area contributed by atoms with Crippen molar-refractivity contribution in [2.75, 3.05) is 25.5 Å². The Morgan fingerprint density at radius 2 is 1.85 bits per heavy atom. The number of rotatable bonds is 4. The first-order valence-electron chi connectivity index (χ1n) is 11.5. The highest BCUT2D eigenvalue weighted by atomic mass is 19.4. The molecular formula is C25H30F3N5O. The van der Waals surface area contributed by atoms with E-state index >= 15 is 0 Å². The molecule has 34 heavy (non-hydrogen) atoms. The molecule has 1 aliphatic heterocycles. The molecule has 1 aromatic carbocycles. The maximum absolute atomic E-state index is 13.4. The SMILES string of the molecule is Cc1cc([C@@H](C)Nc2nc(C)nc3c2cc(C2CCCN(C)C2)c(=O)n3C)cc(C(F)(F)F)c1. The molecule has 1 N–H and O–H groups in total. The van der Waals surface area contributed by atoms with Crippen LogP contribution < -0.4 is 10.9 Å². The molecule has 0 spiro atoms. The zero-order chi connectivity index (χ0) is 24.8. The number of benzene rings is 1. The van der Waals surface area contributed by atoms with Gasteiger partial charge in [0.25, 0.3) is 5.56 Å². The lowest BCUT2D eigenvalue weighted by Crippen LogP contribution is -2.34. The fourth-order valence-corrected chi connectivity index (χ4v) is 4.80. The first-order valence-corrected chi connectivity index (χ1v) is 11.5. The van der Waals surface area contributed by atoms with Crippen molar-refractivity contribution in [2.24, 2.45) is 7.05 Å². The molecule has 2 aromatic heterocycles. The summed E-state index contributed by atoms with van der Waals surface area (Å²) in [5.74, 6) is 1.09. The van der Waals surface area contributed by atoms with E-state index in [9.17, 15) is 18.0 Å². The molecule has 3 heterocycles. The molecule has 1 saturated heterocycles. The predicted molar refractivity (Wildman–Crippen MR) is 127 cm³/mol. The van der Waals surface area contributed by atoms with E-state index in [4.69, 9.17) is 0 Å². The number of aryl methyl sites for hydroxylation is 3. The van der Waals surface area contributed by atoms with Crippen LogP contribution in [-0.2, 0) is 13.2 Å². The molecule has 0 saturated carbocycles. The van der Waals surface area contributed by atoms with Gasteiger partial charge in [-0.15, -0.1) is 0 Å². The van der Waals surface area contributed by atoms with Crippen molar-refractivity contribution in [3.8, 4) is 0 Å². The second-order valence-electron chi connectivity index (χ2n) is 9.42. The topological polar surface area (TPSA) is 63.1 Å². The Kier molecular flexibility index (Phi) is 6.42. The van der Waals surface area contributed by atoms with Crippen LogP contribution in [0.1, 0.15) is 59.8 Å². The van der Waals surface area contributed by atoms with Gasteiger partial charge in [0, 0.05) is 31.1 Å². The molecular weight excluding hydrogens is 443 g/mol. The molecule has 0 bridgehead atoms. The minimum atomic E-state index is -4.42. The minimum absolute atomic E-state index is 0.0709. The highest BCUT2D eigenvalue weighted by Crippen LogP contribution is 2.34. The fourth-order valence-electron chi connectivity index (χ4n) is 4.80. The van der Waals surface area contributed by atoms with Gasteiger partial charge in [-0.1, -0.05) is 11.6 Å². The summed E-state index contributed by atoms with van der Waals surface area (Å²) in [4.78, 5) is 24.5. The lowest BCUT2D eigenvalue weighted by atomic mass is 9.91. The second-order valence-corrected chi connectivity index (χ2v) is 9.42. The summed E-state index contributed by atoms with van der Waals surface area (Å²) in [6, 6.07) is 5.47. The molecule has 4 rings (SSSR count). The molecule has 1 aliphatic rings. The first kappa shape index (κ1) is 24.2. The summed E-state index contributed by atoms with van der Waals surface area (Å²) >= 11 is 0. The fraction of sp³-hybridized carbons (Fsp3) is 0.480. The molecule has 0 radical (unpaired) electrons. The molecule has 1 unspecified atom stereocenters. The molecule has 3 aromatic rings. The maximum Gasteiger partial charge on any atom is 0.416 e. The monoisotopic (exact) mass is 473 g/mol. The maximum atomic E-state index is 13.4. The molecule has 9 heteroatoms. The van der Waals surface area contributed by atoms with E-state index < -0.39 is 17.8 Å². The van der Waals surface area contributed by atoms with E-state index in [0.29, 0.717) is 33.8 Å². The molecule has 6 nitrogen and oxygen atoms in total. The van der Waals surface area contributed by atoms with Gasteiger partial charge in [0.2, 0.25) is 0 Å². The van der Waals surface area contributed by atoms with Crippen molar-refractivity contribution in [1.29, 1.82) is 0 Å². The van der Waals surface area contributed by atoms with Gasteiger partial charge in [-0.2, -0.15) is 13.2 Å². The third-order valence-electron chi connectivity index (χ3n) is 6.55. The summed E-state index contributed by atoms with van der Waals surface area (Å²) in [5.41, 5.74) is 1.52. The zero-order valence-electron chi connectivity index (χ0n) is 20.1. The molecule has 0 amide bonds. The van der Waals surface area contributed by atoms with E-state index in [0.717, 1.165) is 37.6 Å². The van der Waals surface area contributed by atoms with Crippen molar-refractivity contribution in [3.63, 3.8) is 0 Å². The van der Waals surface area contributed by atoms with Gasteiger partial charge in [0.1, 0.15) is 17.3 Å². The van der Waals surface area contributed by atoms with Crippen LogP contribution in [0.25, 0.3) is 11.0 Å². The zero-order valence-corrected chi connectivity index (χ0v) is 20.1. The normalized spacial score (nSPS) is 18.3. The average Bonchev–Trinajstić information content (AvgIpc) is 2.75. The highest BCUT2D eigenvalue weighted by Gasteiger charge is 2.31. The summed E-state index contributed by atoms with van der Waals surface area (Å²) in [6.45, 7) is 7.00. The number of nitrogens with one attached hydrogen (secondary N) is 1. The number of pyridine rings is 1. The Bertz CT molecular complexity index is 1280.